The molecule has 1 atom stereocenters. The van der Waals surface area contributed by atoms with E-state index in [1.54, 1.807) is 0 Å². The van der Waals surface area contributed by atoms with Crippen molar-refractivity contribution in [3.05, 3.63) is 0 Å². The second kappa shape index (κ2) is 3.51. The fourth-order valence-corrected chi connectivity index (χ4v) is 1.76. The number of alkyl halides is 3. The van der Waals surface area contributed by atoms with Crippen molar-refractivity contribution in [2.75, 3.05) is 13.1 Å². The average molecular weight is 275 g/mol. The molecular formula is C7H12F2IN. The number of likely N-dealkylation sites (tertiary alicyclic amines) is 1. The molecule has 0 bridgehead atoms. The third-order valence-electron chi connectivity index (χ3n) is 2.03. The van der Waals surface area contributed by atoms with Crippen molar-refractivity contribution in [1.82, 2.24) is 4.90 Å². The standard InChI is InChI=1S/C7H12F2IN/c1-6(10)11-4-2-7(8,9)3-5-11/h6H,2-5H2,1H3/t6-/m0/s1. The number of nitrogens with zero attached hydrogens (tertiary/aromatic N) is 1. The van der Waals surface area contributed by atoms with Crippen LogP contribution in [0.4, 0.5) is 8.78 Å². The molecule has 0 amide bonds. The summed E-state index contributed by atoms with van der Waals surface area (Å²) in [5.41, 5.74) is 0. The zero-order chi connectivity index (χ0) is 8.48. The van der Waals surface area contributed by atoms with Gasteiger partial charge < -0.3 is 0 Å². The Labute approximate surface area is 79.3 Å². The lowest BCUT2D eigenvalue weighted by atomic mass is 10.1. The van der Waals surface area contributed by atoms with Crippen LogP contribution in [-0.4, -0.2) is 28.0 Å². The van der Waals surface area contributed by atoms with Gasteiger partial charge in [0.05, 0.1) is 4.05 Å². The molecular weight excluding hydrogens is 263 g/mol. The van der Waals surface area contributed by atoms with E-state index in [2.05, 4.69) is 27.5 Å². The van der Waals surface area contributed by atoms with Crippen molar-refractivity contribution in [2.24, 2.45) is 0 Å². The lowest BCUT2D eigenvalue weighted by molar-refractivity contribution is -0.0552. The molecule has 0 unspecified atom stereocenters. The molecule has 1 aliphatic heterocycles. The molecule has 0 spiro atoms. The fourth-order valence-electron chi connectivity index (χ4n) is 1.21. The second-order valence-corrected chi connectivity index (χ2v) is 4.77. The van der Waals surface area contributed by atoms with E-state index in [1.165, 1.54) is 0 Å². The van der Waals surface area contributed by atoms with Gasteiger partial charge in [-0.1, -0.05) is 22.6 Å². The van der Waals surface area contributed by atoms with E-state index >= 15 is 0 Å². The van der Waals surface area contributed by atoms with Gasteiger partial charge in [-0.05, 0) is 6.92 Å². The molecule has 1 saturated heterocycles. The summed E-state index contributed by atoms with van der Waals surface area (Å²) in [4.78, 5) is 2.08. The monoisotopic (exact) mass is 275 g/mol. The van der Waals surface area contributed by atoms with Crippen molar-refractivity contribution in [1.29, 1.82) is 0 Å². The minimum absolute atomic E-state index is 0.0281. The van der Waals surface area contributed by atoms with Crippen molar-refractivity contribution in [3.8, 4) is 0 Å². The first-order valence-electron chi connectivity index (χ1n) is 3.77. The number of halogens is 3. The molecule has 4 heteroatoms. The molecule has 1 fully saturated rings. The molecule has 1 heterocycles. The zero-order valence-electron chi connectivity index (χ0n) is 6.49. The predicted octanol–water partition coefficient (Wildman–Crippen LogP) is 2.50. The summed E-state index contributed by atoms with van der Waals surface area (Å²) in [6.07, 6.45) is 0.0562. The van der Waals surface area contributed by atoms with Gasteiger partial charge in [0.15, 0.2) is 0 Å². The summed E-state index contributed by atoms with van der Waals surface area (Å²) in [5.74, 6) is -2.40. The molecule has 0 saturated carbocycles. The van der Waals surface area contributed by atoms with E-state index in [4.69, 9.17) is 0 Å². The van der Waals surface area contributed by atoms with Crippen LogP contribution >= 0.6 is 22.6 Å². The van der Waals surface area contributed by atoms with Gasteiger partial charge in [-0.3, -0.25) is 4.90 Å². The van der Waals surface area contributed by atoms with Crippen LogP contribution < -0.4 is 0 Å². The Bertz CT molecular complexity index is 128. The van der Waals surface area contributed by atoms with Gasteiger partial charge in [0.25, 0.3) is 5.92 Å². The summed E-state index contributed by atoms with van der Waals surface area (Å²) in [5, 5.41) is 0. The molecule has 0 aromatic heterocycles. The van der Waals surface area contributed by atoms with Crippen LogP contribution in [0.3, 0.4) is 0 Å². The minimum Gasteiger partial charge on any atom is -0.291 e. The summed E-state index contributed by atoms with van der Waals surface area (Å²) in [6, 6.07) is 0. The van der Waals surface area contributed by atoms with Crippen molar-refractivity contribution in [2.45, 2.75) is 29.7 Å². The Balaban J connectivity index is 2.36. The van der Waals surface area contributed by atoms with E-state index in [-0.39, 0.29) is 12.8 Å². The van der Waals surface area contributed by atoms with Crippen LogP contribution in [0, 0.1) is 0 Å². The zero-order valence-corrected chi connectivity index (χ0v) is 8.64. The third-order valence-corrected chi connectivity index (χ3v) is 2.82. The van der Waals surface area contributed by atoms with E-state index in [0.29, 0.717) is 17.1 Å². The van der Waals surface area contributed by atoms with Crippen LogP contribution in [-0.2, 0) is 0 Å². The first-order chi connectivity index (χ1) is 5.01. The van der Waals surface area contributed by atoms with Gasteiger partial charge in [0.1, 0.15) is 0 Å². The van der Waals surface area contributed by atoms with Gasteiger partial charge in [-0.15, -0.1) is 0 Å². The van der Waals surface area contributed by atoms with E-state index in [1.807, 2.05) is 6.92 Å². The van der Waals surface area contributed by atoms with Gasteiger partial charge in [-0.25, -0.2) is 8.78 Å². The predicted molar refractivity (Wildman–Crippen MR) is 49.2 cm³/mol. The van der Waals surface area contributed by atoms with Crippen LogP contribution in [0.2, 0.25) is 0 Å². The Morgan fingerprint density at radius 3 is 2.18 bits per heavy atom. The summed E-state index contributed by atoms with van der Waals surface area (Å²) in [6.45, 7) is 3.11. The van der Waals surface area contributed by atoms with Gasteiger partial charge in [0.2, 0.25) is 0 Å². The van der Waals surface area contributed by atoms with Crippen molar-refractivity contribution >= 4 is 22.6 Å². The van der Waals surface area contributed by atoms with Crippen LogP contribution in [0.15, 0.2) is 0 Å². The molecule has 66 valence electrons. The second-order valence-electron chi connectivity index (χ2n) is 2.97. The summed E-state index contributed by atoms with van der Waals surface area (Å²) < 4.78 is 25.6. The maximum absolute atomic E-state index is 12.6. The highest BCUT2D eigenvalue weighted by Crippen LogP contribution is 2.29. The molecule has 11 heavy (non-hydrogen) atoms. The minimum atomic E-state index is -2.40. The Morgan fingerprint density at radius 1 is 1.36 bits per heavy atom. The number of hydrogen-bond acceptors (Lipinski definition) is 1. The summed E-state index contributed by atoms with van der Waals surface area (Å²) in [7, 11) is 0. The van der Waals surface area contributed by atoms with Crippen LogP contribution in [0.5, 0.6) is 0 Å². The lowest BCUT2D eigenvalue weighted by Gasteiger charge is -2.33. The Kier molecular flexibility index (Phi) is 3.08. The SMILES string of the molecule is C[C@@H](I)N1CCC(F)(F)CC1. The van der Waals surface area contributed by atoms with Gasteiger partial charge in [0, 0.05) is 25.9 Å². The molecule has 0 aromatic carbocycles. The molecule has 0 aromatic rings. The maximum Gasteiger partial charge on any atom is 0.250 e. The van der Waals surface area contributed by atoms with Crippen LogP contribution in [0.1, 0.15) is 19.8 Å². The largest absolute Gasteiger partial charge is 0.291 e. The van der Waals surface area contributed by atoms with Gasteiger partial charge in [-0.2, -0.15) is 0 Å². The van der Waals surface area contributed by atoms with E-state index in [0.717, 1.165) is 0 Å². The average Bonchev–Trinajstić information content (AvgIpc) is 1.86. The smallest absolute Gasteiger partial charge is 0.250 e. The normalized spacial score (nSPS) is 28.4. The van der Waals surface area contributed by atoms with Crippen LogP contribution in [0.25, 0.3) is 0 Å². The van der Waals surface area contributed by atoms with E-state index < -0.39 is 5.92 Å². The first kappa shape index (κ1) is 9.64. The summed E-state index contributed by atoms with van der Waals surface area (Å²) >= 11 is 2.25. The lowest BCUT2D eigenvalue weighted by Crippen LogP contribution is -2.41. The van der Waals surface area contributed by atoms with Gasteiger partial charge >= 0.3 is 0 Å². The quantitative estimate of drug-likeness (QED) is 0.404. The molecule has 0 radical (unpaired) electrons. The number of piperidine rings is 1. The Morgan fingerprint density at radius 2 is 1.82 bits per heavy atom. The first-order valence-corrected chi connectivity index (χ1v) is 5.02. The van der Waals surface area contributed by atoms with Crippen molar-refractivity contribution < 1.29 is 8.78 Å². The molecule has 0 N–H and O–H groups in total. The highest BCUT2D eigenvalue weighted by Gasteiger charge is 2.34. The molecule has 0 aliphatic carbocycles. The molecule has 1 rings (SSSR count). The highest BCUT2D eigenvalue weighted by atomic mass is 127. The third kappa shape index (κ3) is 2.82. The highest BCUT2D eigenvalue weighted by molar-refractivity contribution is 14.1. The molecule has 1 nitrogen and oxygen atoms in total. The topological polar surface area (TPSA) is 3.24 Å². The number of rotatable bonds is 1. The Hall–Kier alpha value is 0.550. The number of hydrogen-bond donors (Lipinski definition) is 0. The fraction of sp³-hybridized carbons (Fsp3) is 1.00. The van der Waals surface area contributed by atoms with Crippen molar-refractivity contribution in [3.63, 3.8) is 0 Å². The molecule has 1 aliphatic rings. The maximum atomic E-state index is 12.6. The van der Waals surface area contributed by atoms with E-state index in [9.17, 15) is 8.78 Å².